The number of aliphatic hydroxyl groups is 1. The molecule has 0 saturated heterocycles. The Morgan fingerprint density at radius 2 is 1.90 bits per heavy atom. The van der Waals surface area contributed by atoms with E-state index in [0.717, 1.165) is 12.1 Å². The highest BCUT2D eigenvalue weighted by atomic mass is 19.4. The van der Waals surface area contributed by atoms with Crippen LogP contribution < -0.4 is 10.1 Å². The molecule has 42 heavy (non-hydrogen) atoms. The van der Waals surface area contributed by atoms with Gasteiger partial charge < -0.3 is 15.2 Å². The predicted molar refractivity (Wildman–Crippen MR) is 150 cm³/mol. The second-order valence-corrected chi connectivity index (χ2v) is 10.6. The number of aromatic nitrogens is 1. The van der Waals surface area contributed by atoms with Crippen LogP contribution in [0.25, 0.3) is 11.1 Å². The number of allylic oxidation sites excluding steroid dienone is 7. The zero-order valence-corrected chi connectivity index (χ0v) is 23.3. The van der Waals surface area contributed by atoms with Crippen molar-refractivity contribution in [2.24, 2.45) is 5.92 Å². The van der Waals surface area contributed by atoms with Crippen molar-refractivity contribution in [2.45, 2.75) is 70.3 Å². The van der Waals surface area contributed by atoms with E-state index < -0.39 is 35.8 Å². The molecular weight excluding hydrogens is 555 g/mol. The van der Waals surface area contributed by atoms with Crippen LogP contribution in [0, 0.1) is 5.92 Å². The van der Waals surface area contributed by atoms with Crippen LogP contribution in [-0.4, -0.2) is 34.1 Å². The third-order valence-corrected chi connectivity index (χ3v) is 7.14. The highest BCUT2D eigenvalue weighted by Crippen LogP contribution is 2.38. The summed E-state index contributed by atoms with van der Waals surface area (Å²) in [7, 11) is 0. The van der Waals surface area contributed by atoms with Crippen LogP contribution in [0.2, 0.25) is 0 Å². The lowest BCUT2D eigenvalue weighted by Gasteiger charge is -2.27. The number of rotatable bonds is 7. The summed E-state index contributed by atoms with van der Waals surface area (Å²) in [5, 5.41) is 12.8. The lowest BCUT2D eigenvalue weighted by molar-refractivity contribution is -0.137. The van der Waals surface area contributed by atoms with Gasteiger partial charge >= 0.3 is 6.18 Å². The van der Waals surface area contributed by atoms with Crippen molar-refractivity contribution in [3.05, 3.63) is 95.5 Å². The maximum Gasteiger partial charge on any atom is 0.417 e. The van der Waals surface area contributed by atoms with Crippen LogP contribution >= 0.6 is 0 Å². The Balaban J connectivity index is 1.68. The fraction of sp³-hybridized carbons (Fsp3) is 0.375. The SMILES string of the molecule is C/C=C/C(F)(F)C1=C\CC(C)C=C(NC(=O)c2ncc(-c3ccccc3C(F)(F)F)cc2O[C@H]2CCC[C@H](O)C2)/C=C\1. The normalized spacial score (nSPS) is 23.8. The third-order valence-electron chi connectivity index (χ3n) is 7.14. The summed E-state index contributed by atoms with van der Waals surface area (Å²) in [6.07, 6.45) is 5.83. The Morgan fingerprint density at radius 1 is 1.14 bits per heavy atom. The summed E-state index contributed by atoms with van der Waals surface area (Å²) in [5.74, 6) is -4.13. The van der Waals surface area contributed by atoms with Crippen molar-refractivity contribution < 1.29 is 36.6 Å². The Labute approximate surface area is 241 Å². The van der Waals surface area contributed by atoms with E-state index in [1.165, 1.54) is 61.7 Å². The number of aliphatic hydroxyl groups excluding tert-OH is 1. The molecule has 2 aliphatic carbocycles. The van der Waals surface area contributed by atoms with Gasteiger partial charge in [0.25, 0.3) is 11.8 Å². The molecule has 0 spiro atoms. The molecule has 2 aromatic rings. The van der Waals surface area contributed by atoms with Crippen molar-refractivity contribution in [1.29, 1.82) is 0 Å². The molecule has 1 amide bonds. The van der Waals surface area contributed by atoms with Crippen molar-refractivity contribution in [1.82, 2.24) is 10.3 Å². The largest absolute Gasteiger partial charge is 0.488 e. The molecule has 1 saturated carbocycles. The Bertz CT molecular complexity index is 1410. The number of halogens is 5. The fourth-order valence-electron chi connectivity index (χ4n) is 5.06. The molecule has 10 heteroatoms. The number of pyridine rings is 1. The maximum atomic E-state index is 14.6. The Morgan fingerprint density at radius 3 is 2.62 bits per heavy atom. The molecule has 2 aliphatic rings. The summed E-state index contributed by atoms with van der Waals surface area (Å²) in [5.41, 5.74) is -1.01. The quantitative estimate of drug-likeness (QED) is 0.256. The number of nitrogens with one attached hydrogen (secondary N) is 1. The highest BCUT2D eigenvalue weighted by Gasteiger charge is 2.34. The average molecular weight is 589 g/mol. The molecule has 0 aliphatic heterocycles. The van der Waals surface area contributed by atoms with E-state index in [1.54, 1.807) is 6.08 Å². The first kappa shape index (κ1) is 31.2. The molecule has 5 nitrogen and oxygen atoms in total. The third kappa shape index (κ3) is 7.73. The number of benzene rings is 1. The summed E-state index contributed by atoms with van der Waals surface area (Å²) < 4.78 is 76.4. The van der Waals surface area contributed by atoms with E-state index in [1.807, 2.05) is 6.92 Å². The number of carbonyl (C=O) groups is 1. The molecule has 1 unspecified atom stereocenters. The van der Waals surface area contributed by atoms with Crippen LogP contribution in [0.15, 0.2) is 84.3 Å². The lowest BCUT2D eigenvalue weighted by Crippen LogP contribution is -2.30. The molecule has 3 atom stereocenters. The highest BCUT2D eigenvalue weighted by molar-refractivity contribution is 5.97. The van der Waals surface area contributed by atoms with Gasteiger partial charge in [0.05, 0.1) is 11.7 Å². The van der Waals surface area contributed by atoms with E-state index in [4.69, 9.17) is 4.74 Å². The van der Waals surface area contributed by atoms with Gasteiger partial charge in [-0.3, -0.25) is 4.79 Å². The van der Waals surface area contributed by atoms with E-state index in [9.17, 15) is 31.9 Å². The van der Waals surface area contributed by atoms with Gasteiger partial charge in [-0.05, 0) is 68.4 Å². The van der Waals surface area contributed by atoms with Crippen LogP contribution in [-0.2, 0) is 6.18 Å². The first-order valence-electron chi connectivity index (χ1n) is 13.8. The number of nitrogens with zero attached hydrogens (tertiary/aromatic N) is 1. The molecule has 1 aromatic heterocycles. The fourth-order valence-corrected chi connectivity index (χ4v) is 5.06. The van der Waals surface area contributed by atoms with Gasteiger partial charge in [0.15, 0.2) is 11.4 Å². The van der Waals surface area contributed by atoms with Crippen molar-refractivity contribution in [3.63, 3.8) is 0 Å². The van der Waals surface area contributed by atoms with Gasteiger partial charge in [0.2, 0.25) is 0 Å². The summed E-state index contributed by atoms with van der Waals surface area (Å²) >= 11 is 0. The van der Waals surface area contributed by atoms with Gasteiger partial charge in [-0.25, -0.2) is 4.98 Å². The van der Waals surface area contributed by atoms with Crippen LogP contribution in [0.3, 0.4) is 0 Å². The molecule has 1 aromatic carbocycles. The summed E-state index contributed by atoms with van der Waals surface area (Å²) in [6.45, 7) is 3.32. The number of amides is 1. The minimum Gasteiger partial charge on any atom is -0.488 e. The number of alkyl halides is 5. The first-order chi connectivity index (χ1) is 19.9. The number of ether oxygens (including phenoxy) is 1. The molecule has 2 N–H and O–H groups in total. The molecule has 0 bridgehead atoms. The summed E-state index contributed by atoms with van der Waals surface area (Å²) in [6, 6.07) is 6.38. The number of hydrogen-bond acceptors (Lipinski definition) is 4. The van der Waals surface area contributed by atoms with E-state index in [0.29, 0.717) is 32.1 Å². The molecule has 0 radical (unpaired) electrons. The second kappa shape index (κ2) is 13.0. The molecule has 1 heterocycles. The minimum atomic E-state index is -4.62. The first-order valence-corrected chi connectivity index (χ1v) is 13.8. The van der Waals surface area contributed by atoms with Gasteiger partial charge in [-0.15, -0.1) is 0 Å². The average Bonchev–Trinajstić information content (AvgIpc) is 2.91. The molecule has 1 fully saturated rings. The monoisotopic (exact) mass is 588 g/mol. The van der Waals surface area contributed by atoms with Crippen molar-refractivity contribution >= 4 is 5.91 Å². The second-order valence-electron chi connectivity index (χ2n) is 10.6. The zero-order chi connectivity index (χ0) is 30.5. The van der Waals surface area contributed by atoms with Gasteiger partial charge in [-0.2, -0.15) is 22.0 Å². The van der Waals surface area contributed by atoms with Crippen molar-refractivity contribution in [2.75, 3.05) is 0 Å². The van der Waals surface area contributed by atoms with E-state index in [-0.39, 0.29) is 39.8 Å². The van der Waals surface area contributed by atoms with E-state index >= 15 is 0 Å². The Hall–Kier alpha value is -3.79. The maximum absolute atomic E-state index is 14.6. The van der Waals surface area contributed by atoms with Crippen LogP contribution in [0.5, 0.6) is 5.75 Å². The van der Waals surface area contributed by atoms with Gasteiger partial charge in [-0.1, -0.05) is 49.4 Å². The lowest BCUT2D eigenvalue weighted by atomic mass is 9.95. The number of carbonyl (C=O) groups excluding carboxylic acids is 1. The zero-order valence-electron chi connectivity index (χ0n) is 23.3. The molecular formula is C32H33F5N2O3. The molecule has 224 valence electrons. The topological polar surface area (TPSA) is 71.5 Å². The smallest absolute Gasteiger partial charge is 0.417 e. The summed E-state index contributed by atoms with van der Waals surface area (Å²) in [4.78, 5) is 17.7. The van der Waals surface area contributed by atoms with Crippen LogP contribution in [0.1, 0.15) is 62.0 Å². The molecule has 4 rings (SSSR count). The van der Waals surface area contributed by atoms with E-state index in [2.05, 4.69) is 10.3 Å². The Kier molecular flexibility index (Phi) is 9.66. The van der Waals surface area contributed by atoms with Gasteiger partial charge in [0, 0.05) is 29.5 Å². The minimum absolute atomic E-state index is 0.0373. The number of hydrogen-bond donors (Lipinski definition) is 2. The van der Waals surface area contributed by atoms with Gasteiger partial charge in [0.1, 0.15) is 6.10 Å². The van der Waals surface area contributed by atoms with Crippen LogP contribution in [0.4, 0.5) is 22.0 Å². The standard InChI is InChI=1S/C32H33F5N2O3/c1-3-15-31(33,34)22-12-11-20(2)16-23(14-13-22)39-30(41)29-28(42-25-8-6-7-24(40)18-25)17-21(19-38-29)26-9-4-5-10-27(26)32(35,36)37/h3-5,9-10,12-17,19-20,24-25,40H,6-8,11,18H2,1-2H3,(H,39,41)/b14-13-,15-3+,22-12-,23-16?/t20?,24-,25-/m0/s1. The predicted octanol–water partition coefficient (Wildman–Crippen LogP) is 7.80. The van der Waals surface area contributed by atoms with Crippen molar-refractivity contribution in [3.8, 4) is 16.9 Å².